The Kier molecular flexibility index (Phi) is 5.39. The molecule has 0 aliphatic carbocycles. The third kappa shape index (κ3) is 4.10. The van der Waals surface area contributed by atoms with Gasteiger partial charge in [-0.3, -0.25) is 9.52 Å². The summed E-state index contributed by atoms with van der Waals surface area (Å²) in [4.78, 5) is 14.2. The molecule has 0 aliphatic heterocycles. The molecule has 23 heavy (non-hydrogen) atoms. The minimum Gasteiger partial charge on any atom is -0.339 e. The summed E-state index contributed by atoms with van der Waals surface area (Å²) in [6.45, 7) is 5.03. The molecule has 0 aromatic heterocycles. The Morgan fingerprint density at radius 3 is 2.26 bits per heavy atom. The second kappa shape index (κ2) is 7.28. The van der Waals surface area contributed by atoms with Gasteiger partial charge in [0.2, 0.25) is 0 Å². The molecule has 0 fully saturated rings. The Morgan fingerprint density at radius 2 is 1.65 bits per heavy atom. The highest BCUT2D eigenvalue weighted by molar-refractivity contribution is 7.92. The third-order valence-corrected chi connectivity index (χ3v) is 4.86. The number of hydrogen-bond donors (Lipinski definition) is 1. The quantitative estimate of drug-likeness (QED) is 0.884. The van der Waals surface area contributed by atoms with Crippen LogP contribution in [-0.2, 0) is 10.0 Å². The van der Waals surface area contributed by atoms with E-state index in [1.54, 1.807) is 47.4 Å². The predicted molar refractivity (Wildman–Crippen MR) is 90.9 cm³/mol. The van der Waals surface area contributed by atoms with E-state index in [2.05, 4.69) is 4.72 Å². The van der Waals surface area contributed by atoms with E-state index < -0.39 is 10.0 Å². The van der Waals surface area contributed by atoms with Crippen LogP contribution in [0.25, 0.3) is 0 Å². The average Bonchev–Trinajstić information content (AvgIpc) is 2.56. The largest absolute Gasteiger partial charge is 0.339 e. The number of anilines is 1. The number of sulfonamides is 1. The SMILES string of the molecule is CCN(CC)C(=O)c1cccc(NS(=O)(=O)c2ccccc2)c1. The summed E-state index contributed by atoms with van der Waals surface area (Å²) in [5.74, 6) is -0.115. The fourth-order valence-corrected chi connectivity index (χ4v) is 3.29. The summed E-state index contributed by atoms with van der Waals surface area (Å²) in [6, 6.07) is 14.6. The van der Waals surface area contributed by atoms with Gasteiger partial charge in [-0.25, -0.2) is 8.42 Å². The molecule has 0 spiro atoms. The van der Waals surface area contributed by atoms with E-state index in [1.807, 2.05) is 13.8 Å². The van der Waals surface area contributed by atoms with Gasteiger partial charge in [-0.15, -0.1) is 0 Å². The minimum absolute atomic E-state index is 0.115. The molecule has 1 N–H and O–H groups in total. The van der Waals surface area contributed by atoms with Crippen LogP contribution in [0.2, 0.25) is 0 Å². The van der Waals surface area contributed by atoms with Crippen molar-refractivity contribution in [1.82, 2.24) is 4.90 Å². The Balaban J connectivity index is 2.26. The standard InChI is InChI=1S/C17H20N2O3S/c1-3-19(4-2)17(20)14-9-8-10-15(13-14)18-23(21,22)16-11-6-5-7-12-16/h5-13,18H,3-4H2,1-2H3. The van der Waals surface area contributed by atoms with E-state index in [0.717, 1.165) is 0 Å². The first-order chi connectivity index (χ1) is 11.0. The van der Waals surface area contributed by atoms with Crippen LogP contribution in [0.1, 0.15) is 24.2 Å². The highest BCUT2D eigenvalue weighted by atomic mass is 32.2. The van der Waals surface area contributed by atoms with Gasteiger partial charge in [-0.1, -0.05) is 24.3 Å². The van der Waals surface area contributed by atoms with Crippen molar-refractivity contribution < 1.29 is 13.2 Å². The van der Waals surface area contributed by atoms with Crippen LogP contribution in [-0.4, -0.2) is 32.3 Å². The first kappa shape index (κ1) is 17.0. The van der Waals surface area contributed by atoms with Crippen molar-refractivity contribution in [3.8, 4) is 0 Å². The Hall–Kier alpha value is -2.34. The van der Waals surface area contributed by atoms with Gasteiger partial charge in [0.25, 0.3) is 15.9 Å². The van der Waals surface area contributed by atoms with E-state index in [0.29, 0.717) is 24.3 Å². The second-order valence-electron chi connectivity index (χ2n) is 4.98. The minimum atomic E-state index is -3.66. The van der Waals surface area contributed by atoms with Crippen molar-refractivity contribution in [1.29, 1.82) is 0 Å². The summed E-state index contributed by atoms with van der Waals surface area (Å²) in [7, 11) is -3.66. The predicted octanol–water partition coefficient (Wildman–Crippen LogP) is 2.97. The van der Waals surface area contributed by atoms with Crippen molar-refractivity contribution in [2.24, 2.45) is 0 Å². The topological polar surface area (TPSA) is 66.5 Å². The van der Waals surface area contributed by atoms with Crippen LogP contribution in [0, 0.1) is 0 Å². The molecule has 2 aromatic rings. The lowest BCUT2D eigenvalue weighted by Gasteiger charge is -2.19. The average molecular weight is 332 g/mol. The third-order valence-electron chi connectivity index (χ3n) is 3.47. The maximum Gasteiger partial charge on any atom is 0.261 e. The number of hydrogen-bond acceptors (Lipinski definition) is 3. The zero-order valence-corrected chi connectivity index (χ0v) is 14.0. The van der Waals surface area contributed by atoms with Crippen LogP contribution >= 0.6 is 0 Å². The van der Waals surface area contributed by atoms with Gasteiger partial charge in [-0.2, -0.15) is 0 Å². The maximum absolute atomic E-state index is 12.3. The fraction of sp³-hybridized carbons (Fsp3) is 0.235. The lowest BCUT2D eigenvalue weighted by Crippen LogP contribution is -2.30. The van der Waals surface area contributed by atoms with Crippen molar-refractivity contribution in [2.75, 3.05) is 17.8 Å². The number of amides is 1. The van der Waals surface area contributed by atoms with E-state index in [9.17, 15) is 13.2 Å². The van der Waals surface area contributed by atoms with E-state index in [-0.39, 0.29) is 10.8 Å². The van der Waals surface area contributed by atoms with Gasteiger partial charge in [0, 0.05) is 24.3 Å². The molecule has 0 saturated carbocycles. The van der Waals surface area contributed by atoms with Gasteiger partial charge >= 0.3 is 0 Å². The number of carbonyl (C=O) groups is 1. The molecule has 2 aromatic carbocycles. The molecule has 0 unspecified atom stereocenters. The molecular weight excluding hydrogens is 312 g/mol. The Bertz CT molecular complexity index is 769. The highest BCUT2D eigenvalue weighted by Crippen LogP contribution is 2.18. The zero-order chi connectivity index (χ0) is 16.9. The van der Waals surface area contributed by atoms with E-state index >= 15 is 0 Å². The molecule has 0 atom stereocenters. The fourth-order valence-electron chi connectivity index (χ4n) is 2.22. The highest BCUT2D eigenvalue weighted by Gasteiger charge is 2.16. The number of nitrogens with zero attached hydrogens (tertiary/aromatic N) is 1. The summed E-state index contributed by atoms with van der Waals surface area (Å²) >= 11 is 0. The smallest absolute Gasteiger partial charge is 0.261 e. The summed E-state index contributed by atoms with van der Waals surface area (Å²) in [5.41, 5.74) is 0.828. The number of benzene rings is 2. The molecule has 0 radical (unpaired) electrons. The summed E-state index contributed by atoms with van der Waals surface area (Å²) < 4.78 is 27.2. The molecule has 0 heterocycles. The van der Waals surface area contributed by atoms with Gasteiger partial charge in [0.05, 0.1) is 4.90 Å². The van der Waals surface area contributed by atoms with Crippen LogP contribution in [0.4, 0.5) is 5.69 Å². The van der Waals surface area contributed by atoms with Crippen molar-refractivity contribution in [3.05, 3.63) is 60.2 Å². The van der Waals surface area contributed by atoms with Gasteiger partial charge in [0.15, 0.2) is 0 Å². The normalized spacial score (nSPS) is 11.0. The maximum atomic E-state index is 12.3. The van der Waals surface area contributed by atoms with Crippen molar-refractivity contribution in [2.45, 2.75) is 18.7 Å². The lowest BCUT2D eigenvalue weighted by molar-refractivity contribution is 0.0773. The molecule has 2 rings (SSSR count). The van der Waals surface area contributed by atoms with Crippen LogP contribution in [0.3, 0.4) is 0 Å². The van der Waals surface area contributed by atoms with Crippen LogP contribution < -0.4 is 4.72 Å². The molecule has 6 heteroatoms. The molecule has 5 nitrogen and oxygen atoms in total. The summed E-state index contributed by atoms with van der Waals surface area (Å²) in [6.07, 6.45) is 0. The Morgan fingerprint density at radius 1 is 1.00 bits per heavy atom. The van der Waals surface area contributed by atoms with E-state index in [4.69, 9.17) is 0 Å². The number of nitrogens with one attached hydrogen (secondary N) is 1. The summed E-state index contributed by atoms with van der Waals surface area (Å²) in [5, 5.41) is 0. The van der Waals surface area contributed by atoms with Crippen molar-refractivity contribution in [3.63, 3.8) is 0 Å². The van der Waals surface area contributed by atoms with Crippen LogP contribution in [0.5, 0.6) is 0 Å². The van der Waals surface area contributed by atoms with Gasteiger partial charge < -0.3 is 4.90 Å². The Labute approximate surface area is 137 Å². The van der Waals surface area contributed by atoms with Crippen LogP contribution in [0.15, 0.2) is 59.5 Å². The molecule has 1 amide bonds. The molecular formula is C17H20N2O3S. The lowest BCUT2D eigenvalue weighted by atomic mass is 10.2. The van der Waals surface area contributed by atoms with E-state index in [1.165, 1.54) is 12.1 Å². The first-order valence-electron chi connectivity index (χ1n) is 7.45. The zero-order valence-electron chi connectivity index (χ0n) is 13.2. The first-order valence-corrected chi connectivity index (χ1v) is 8.93. The number of carbonyl (C=O) groups excluding carboxylic acids is 1. The molecule has 0 bridgehead atoms. The van der Waals surface area contributed by atoms with Gasteiger partial charge in [0.1, 0.15) is 0 Å². The van der Waals surface area contributed by atoms with Crippen molar-refractivity contribution >= 4 is 21.6 Å². The second-order valence-corrected chi connectivity index (χ2v) is 6.66. The molecule has 0 aliphatic rings. The monoisotopic (exact) mass is 332 g/mol. The van der Waals surface area contributed by atoms with Gasteiger partial charge in [-0.05, 0) is 44.2 Å². The molecule has 122 valence electrons. The molecule has 0 saturated heterocycles. The number of rotatable bonds is 6.